The van der Waals surface area contributed by atoms with E-state index in [0.29, 0.717) is 4.24 Å². The number of fused-ring (bicyclic) bond motifs is 1. The van der Waals surface area contributed by atoms with Crippen molar-refractivity contribution in [1.82, 2.24) is 4.90 Å². The van der Waals surface area contributed by atoms with Crippen molar-refractivity contribution in [2.75, 3.05) is 12.4 Å². The predicted octanol–water partition coefficient (Wildman–Crippen LogP) is 0.855. The van der Waals surface area contributed by atoms with Crippen LogP contribution in [0, 0.1) is 5.92 Å². The van der Waals surface area contributed by atoms with Gasteiger partial charge in [-0.2, -0.15) is 0 Å². The number of rotatable bonds is 5. The third-order valence-electron chi connectivity index (χ3n) is 2.78. The Morgan fingerprint density at radius 2 is 2.33 bits per heavy atom. The normalized spacial score (nSPS) is 28.2. The van der Waals surface area contributed by atoms with Crippen molar-refractivity contribution in [3.8, 4) is 0 Å². The summed E-state index contributed by atoms with van der Waals surface area (Å²) in [5.41, 5.74) is -0.0784. The second-order valence-electron chi connectivity index (χ2n) is 3.96. The van der Waals surface area contributed by atoms with Crippen LogP contribution < -0.4 is 0 Å². The van der Waals surface area contributed by atoms with Crippen molar-refractivity contribution in [1.29, 1.82) is 0 Å². The number of hydrogen-bond acceptors (Lipinski definition) is 5. The van der Waals surface area contributed by atoms with Gasteiger partial charge in [-0.05, 0) is 6.92 Å². The van der Waals surface area contributed by atoms with Crippen molar-refractivity contribution >= 4 is 35.4 Å². The molecule has 2 rings (SSSR count). The quantitative estimate of drug-likeness (QED) is 0.732. The summed E-state index contributed by atoms with van der Waals surface area (Å²) in [6.45, 7) is 0.952. The maximum atomic E-state index is 12.1. The summed E-state index contributed by atoms with van der Waals surface area (Å²) >= 11 is 2.31. The van der Waals surface area contributed by atoms with E-state index < -0.39 is 24.7 Å². The Morgan fingerprint density at radius 3 is 2.83 bits per heavy atom. The van der Waals surface area contributed by atoms with Crippen molar-refractivity contribution in [3.63, 3.8) is 0 Å². The summed E-state index contributed by atoms with van der Waals surface area (Å²) in [5.74, 6) is -1.99. The van der Waals surface area contributed by atoms with E-state index in [1.807, 2.05) is 0 Å². The number of carboxylic acid groups (broad SMARTS) is 1. The minimum atomic E-state index is -1.19. The predicted molar refractivity (Wildman–Crippen MR) is 66.5 cm³/mol. The van der Waals surface area contributed by atoms with Crippen LogP contribution in [0.4, 0.5) is 4.39 Å². The molecule has 0 bridgehead atoms. The van der Waals surface area contributed by atoms with Gasteiger partial charge in [-0.3, -0.25) is 14.1 Å². The fourth-order valence-corrected chi connectivity index (χ4v) is 4.71. The van der Waals surface area contributed by atoms with E-state index >= 15 is 0 Å². The van der Waals surface area contributed by atoms with Gasteiger partial charge in [0.05, 0.1) is 22.9 Å². The number of carbonyl (C=O) groups is 2. The second-order valence-corrected chi connectivity index (χ2v) is 6.45. The molecule has 2 heterocycles. The minimum absolute atomic E-state index is 0.0784. The lowest BCUT2D eigenvalue weighted by Crippen LogP contribution is -2.60. The van der Waals surface area contributed by atoms with E-state index in [1.165, 1.54) is 23.6 Å². The fourth-order valence-electron chi connectivity index (χ4n) is 1.98. The summed E-state index contributed by atoms with van der Waals surface area (Å²) in [6, 6.07) is 0. The molecule has 0 spiro atoms. The van der Waals surface area contributed by atoms with Gasteiger partial charge in [0.2, 0.25) is 5.91 Å². The molecule has 8 heteroatoms. The number of amides is 1. The van der Waals surface area contributed by atoms with Crippen LogP contribution >= 0.6 is 23.5 Å². The first-order valence-corrected chi connectivity index (χ1v) is 7.19. The first kappa shape index (κ1) is 13.7. The number of nitrogens with zero attached hydrogens (tertiary/aromatic N) is 1. The molecule has 0 radical (unpaired) electrons. The van der Waals surface area contributed by atoms with Gasteiger partial charge < -0.3 is 10.2 Å². The topological polar surface area (TPSA) is 77.8 Å². The molecule has 1 saturated heterocycles. The van der Waals surface area contributed by atoms with E-state index in [-0.39, 0.29) is 22.7 Å². The van der Waals surface area contributed by atoms with Crippen LogP contribution in [0.2, 0.25) is 0 Å². The number of thioether (sulfide) groups is 2. The largest absolute Gasteiger partial charge is 0.477 e. The Labute approximate surface area is 111 Å². The van der Waals surface area contributed by atoms with Crippen LogP contribution in [0.15, 0.2) is 9.93 Å². The SMILES string of the molecule is C[C@H](O)[C@@H]1C(=O)N2C(C(=O)O)=C(SCCF)S[C@H]12. The van der Waals surface area contributed by atoms with Crippen LogP contribution in [0.1, 0.15) is 6.92 Å². The van der Waals surface area contributed by atoms with E-state index in [0.717, 1.165) is 11.8 Å². The third-order valence-corrected chi connectivity index (χ3v) is 5.39. The summed E-state index contributed by atoms with van der Waals surface area (Å²) in [7, 11) is 0. The molecular weight excluding hydrogens is 281 g/mol. The van der Waals surface area contributed by atoms with E-state index in [4.69, 9.17) is 5.11 Å². The van der Waals surface area contributed by atoms with E-state index in [1.54, 1.807) is 0 Å². The molecule has 18 heavy (non-hydrogen) atoms. The van der Waals surface area contributed by atoms with Gasteiger partial charge in [0.1, 0.15) is 5.37 Å². The van der Waals surface area contributed by atoms with Gasteiger partial charge in [0, 0.05) is 5.75 Å². The maximum absolute atomic E-state index is 12.1. The molecule has 100 valence electrons. The molecule has 0 aromatic heterocycles. The first-order chi connectivity index (χ1) is 8.49. The molecule has 5 nitrogen and oxygen atoms in total. The summed E-state index contributed by atoms with van der Waals surface area (Å²) < 4.78 is 12.6. The number of aliphatic hydroxyl groups is 1. The highest BCUT2D eigenvalue weighted by molar-refractivity contribution is 8.22. The van der Waals surface area contributed by atoms with Gasteiger partial charge in [0.25, 0.3) is 0 Å². The number of carbonyl (C=O) groups excluding carboxylic acids is 1. The lowest BCUT2D eigenvalue weighted by atomic mass is 9.92. The molecule has 3 atom stereocenters. The van der Waals surface area contributed by atoms with Gasteiger partial charge in [-0.1, -0.05) is 11.8 Å². The van der Waals surface area contributed by atoms with Gasteiger partial charge in [-0.25, -0.2) is 4.79 Å². The smallest absolute Gasteiger partial charge is 0.354 e. The van der Waals surface area contributed by atoms with Crippen LogP contribution in [0.25, 0.3) is 0 Å². The number of hydrogen-bond donors (Lipinski definition) is 2. The average molecular weight is 293 g/mol. The van der Waals surface area contributed by atoms with Gasteiger partial charge in [-0.15, -0.1) is 11.8 Å². The average Bonchev–Trinajstić information content (AvgIpc) is 2.60. The fraction of sp³-hybridized carbons (Fsp3) is 0.600. The second kappa shape index (κ2) is 5.10. The van der Waals surface area contributed by atoms with Crippen LogP contribution in [0.3, 0.4) is 0 Å². The van der Waals surface area contributed by atoms with Crippen molar-refractivity contribution < 1.29 is 24.2 Å². The lowest BCUT2D eigenvalue weighted by Gasteiger charge is -2.43. The molecule has 0 unspecified atom stereocenters. The Bertz CT molecular complexity index is 426. The van der Waals surface area contributed by atoms with E-state index in [2.05, 4.69) is 0 Å². The lowest BCUT2D eigenvalue weighted by molar-refractivity contribution is -0.156. The highest BCUT2D eigenvalue weighted by Gasteiger charge is 2.57. The Hall–Kier alpha value is -0.730. The Balaban J connectivity index is 2.21. The zero-order chi connectivity index (χ0) is 13.4. The molecule has 0 saturated carbocycles. The number of alkyl halides is 1. The van der Waals surface area contributed by atoms with Gasteiger partial charge in [0.15, 0.2) is 5.70 Å². The van der Waals surface area contributed by atoms with Crippen molar-refractivity contribution in [2.24, 2.45) is 5.92 Å². The molecule has 0 aromatic carbocycles. The Morgan fingerprint density at radius 1 is 1.67 bits per heavy atom. The molecule has 0 aromatic rings. The summed E-state index contributed by atoms with van der Waals surface area (Å²) in [5, 5.41) is 18.2. The molecule has 2 aliphatic heterocycles. The summed E-state index contributed by atoms with van der Waals surface area (Å²) in [6.07, 6.45) is -0.813. The molecule has 0 aliphatic carbocycles. The van der Waals surface area contributed by atoms with Gasteiger partial charge >= 0.3 is 5.97 Å². The maximum Gasteiger partial charge on any atom is 0.354 e. The zero-order valence-corrected chi connectivity index (χ0v) is 11.1. The first-order valence-electron chi connectivity index (χ1n) is 5.33. The van der Waals surface area contributed by atoms with Crippen LogP contribution in [-0.4, -0.2) is 50.9 Å². The minimum Gasteiger partial charge on any atom is -0.477 e. The molecule has 2 aliphatic rings. The van der Waals surface area contributed by atoms with Crippen molar-refractivity contribution in [3.05, 3.63) is 9.93 Å². The number of aliphatic carboxylic acids is 1. The van der Waals surface area contributed by atoms with Crippen LogP contribution in [-0.2, 0) is 9.59 Å². The van der Waals surface area contributed by atoms with E-state index in [9.17, 15) is 19.1 Å². The number of aliphatic hydroxyl groups excluding tert-OH is 1. The Kier molecular flexibility index (Phi) is 3.88. The van der Waals surface area contributed by atoms with Crippen molar-refractivity contribution in [2.45, 2.75) is 18.4 Å². The molecular formula is C10H12FNO4S2. The number of β-lactam (4-membered cyclic amide) rings is 1. The zero-order valence-electron chi connectivity index (χ0n) is 9.50. The highest BCUT2D eigenvalue weighted by Crippen LogP contribution is 2.53. The molecule has 1 amide bonds. The third kappa shape index (κ3) is 2.02. The number of carboxylic acids is 1. The monoisotopic (exact) mass is 293 g/mol. The highest BCUT2D eigenvalue weighted by atomic mass is 32.2. The molecule has 2 N–H and O–H groups in total. The summed E-state index contributed by atoms with van der Waals surface area (Å²) in [4.78, 5) is 24.1. The molecule has 1 fully saturated rings. The number of halogens is 1. The van der Waals surface area contributed by atoms with Crippen LogP contribution in [0.5, 0.6) is 0 Å². The standard InChI is InChI=1S/C10H12FNO4S2/c1-4(13)5-7(14)12-6(9(15)16)10(17-3-2-11)18-8(5)12/h4-5,8,13H,2-3H2,1H3,(H,15,16)/t4-,5+,8+/m0/s1.